The Bertz CT molecular complexity index is 869. The van der Waals surface area contributed by atoms with Crippen molar-refractivity contribution < 1.29 is 0 Å². The molecule has 1 saturated heterocycles. The van der Waals surface area contributed by atoms with Crippen molar-refractivity contribution in [1.29, 1.82) is 0 Å². The van der Waals surface area contributed by atoms with Crippen LogP contribution in [0.3, 0.4) is 0 Å². The number of rotatable bonds is 7. The lowest BCUT2D eigenvalue weighted by atomic mass is 9.97. The molecule has 1 aliphatic heterocycles. The van der Waals surface area contributed by atoms with Crippen LogP contribution in [0.15, 0.2) is 42.7 Å². The Labute approximate surface area is 165 Å². The smallest absolute Gasteiger partial charge is 0.250 e. The van der Waals surface area contributed by atoms with Crippen molar-refractivity contribution in [2.75, 3.05) is 38.6 Å². The quantitative estimate of drug-likeness (QED) is 0.626. The third kappa shape index (κ3) is 4.06. The maximum atomic E-state index is 4.70. The van der Waals surface area contributed by atoms with Crippen molar-refractivity contribution in [2.24, 2.45) is 0 Å². The minimum absolute atomic E-state index is 0.393. The molecule has 3 heterocycles. The first kappa shape index (κ1) is 18.6. The van der Waals surface area contributed by atoms with Crippen LogP contribution in [-0.2, 0) is 6.54 Å². The van der Waals surface area contributed by atoms with Crippen molar-refractivity contribution >= 4 is 5.95 Å². The summed E-state index contributed by atoms with van der Waals surface area (Å²) >= 11 is 0. The SMILES string of the molecule is CN(C)CCCn1ccnc1[C@@H]1CCCN(c2nnnn2-c2ccccc2)C1. The van der Waals surface area contributed by atoms with E-state index in [2.05, 4.69) is 50.2 Å². The van der Waals surface area contributed by atoms with Crippen molar-refractivity contribution in [3.63, 3.8) is 0 Å². The van der Waals surface area contributed by atoms with Gasteiger partial charge in [-0.1, -0.05) is 23.3 Å². The summed E-state index contributed by atoms with van der Waals surface area (Å²) in [6.45, 7) is 3.94. The van der Waals surface area contributed by atoms with E-state index >= 15 is 0 Å². The molecule has 1 fully saturated rings. The second-order valence-corrected chi connectivity index (χ2v) is 7.65. The largest absolute Gasteiger partial charge is 0.339 e. The van der Waals surface area contributed by atoms with Crippen LogP contribution < -0.4 is 4.90 Å². The number of nitrogens with zero attached hydrogens (tertiary/aromatic N) is 8. The summed E-state index contributed by atoms with van der Waals surface area (Å²) in [5, 5.41) is 12.5. The summed E-state index contributed by atoms with van der Waals surface area (Å²) in [5.41, 5.74) is 0.981. The Hall–Kier alpha value is -2.74. The Morgan fingerprint density at radius 2 is 2.04 bits per heavy atom. The summed E-state index contributed by atoms with van der Waals surface area (Å²) in [6.07, 6.45) is 7.42. The second kappa shape index (κ2) is 8.52. The highest BCUT2D eigenvalue weighted by Crippen LogP contribution is 2.29. The molecule has 0 aliphatic carbocycles. The molecular formula is C20H28N8. The summed E-state index contributed by atoms with van der Waals surface area (Å²) in [4.78, 5) is 9.21. The fourth-order valence-electron chi connectivity index (χ4n) is 3.91. The average molecular weight is 381 g/mol. The number of anilines is 1. The van der Waals surface area contributed by atoms with Crippen LogP contribution in [0.2, 0.25) is 0 Å². The van der Waals surface area contributed by atoms with E-state index in [1.807, 2.05) is 41.2 Å². The molecule has 1 aliphatic rings. The summed E-state index contributed by atoms with van der Waals surface area (Å²) < 4.78 is 4.14. The van der Waals surface area contributed by atoms with E-state index in [1.165, 1.54) is 5.82 Å². The fourth-order valence-corrected chi connectivity index (χ4v) is 3.91. The molecule has 0 unspecified atom stereocenters. The summed E-state index contributed by atoms with van der Waals surface area (Å²) in [6, 6.07) is 10.1. The van der Waals surface area contributed by atoms with Crippen molar-refractivity contribution in [3.8, 4) is 5.69 Å². The van der Waals surface area contributed by atoms with Crippen molar-refractivity contribution in [3.05, 3.63) is 48.5 Å². The highest BCUT2D eigenvalue weighted by atomic mass is 15.6. The lowest BCUT2D eigenvalue weighted by Crippen LogP contribution is -2.37. The predicted octanol–water partition coefficient (Wildman–Crippen LogP) is 2.19. The molecule has 0 N–H and O–H groups in total. The van der Waals surface area contributed by atoms with Gasteiger partial charge in [0.15, 0.2) is 0 Å². The molecule has 3 aromatic rings. The maximum Gasteiger partial charge on any atom is 0.250 e. The average Bonchev–Trinajstić information content (AvgIpc) is 3.38. The fraction of sp³-hybridized carbons (Fsp3) is 0.500. The molecule has 4 rings (SSSR count). The monoisotopic (exact) mass is 380 g/mol. The van der Waals surface area contributed by atoms with Gasteiger partial charge in [-0.15, -0.1) is 0 Å². The number of aryl methyl sites for hydroxylation is 1. The number of hydrogen-bond donors (Lipinski definition) is 0. The lowest BCUT2D eigenvalue weighted by molar-refractivity contribution is 0.380. The zero-order chi connectivity index (χ0) is 19.3. The van der Waals surface area contributed by atoms with Gasteiger partial charge in [0.2, 0.25) is 5.95 Å². The van der Waals surface area contributed by atoms with Crippen molar-refractivity contribution in [1.82, 2.24) is 34.7 Å². The Morgan fingerprint density at radius 1 is 1.18 bits per heavy atom. The van der Waals surface area contributed by atoms with Gasteiger partial charge in [0.25, 0.3) is 0 Å². The van der Waals surface area contributed by atoms with Gasteiger partial charge in [-0.25, -0.2) is 4.98 Å². The number of para-hydroxylation sites is 1. The molecule has 0 bridgehead atoms. The van der Waals surface area contributed by atoms with Crippen LogP contribution in [0.5, 0.6) is 0 Å². The van der Waals surface area contributed by atoms with E-state index in [0.717, 1.165) is 57.1 Å². The number of imidazole rings is 1. The van der Waals surface area contributed by atoms with Gasteiger partial charge in [0.1, 0.15) is 5.82 Å². The predicted molar refractivity (Wildman–Crippen MR) is 109 cm³/mol. The van der Waals surface area contributed by atoms with Crippen LogP contribution in [0.25, 0.3) is 5.69 Å². The van der Waals surface area contributed by atoms with E-state index in [1.54, 1.807) is 0 Å². The normalized spacial score (nSPS) is 17.4. The van der Waals surface area contributed by atoms with E-state index in [0.29, 0.717) is 5.92 Å². The van der Waals surface area contributed by atoms with E-state index in [4.69, 9.17) is 4.98 Å². The van der Waals surface area contributed by atoms with Gasteiger partial charge in [-0.05, 0) is 62.5 Å². The van der Waals surface area contributed by atoms with Crippen LogP contribution in [0, 0.1) is 0 Å². The number of aromatic nitrogens is 6. The molecule has 0 radical (unpaired) electrons. The highest BCUT2D eigenvalue weighted by Gasteiger charge is 2.27. The third-order valence-corrected chi connectivity index (χ3v) is 5.28. The highest BCUT2D eigenvalue weighted by molar-refractivity contribution is 5.41. The van der Waals surface area contributed by atoms with Gasteiger partial charge >= 0.3 is 0 Å². The summed E-state index contributed by atoms with van der Waals surface area (Å²) in [7, 11) is 4.23. The van der Waals surface area contributed by atoms with E-state index in [9.17, 15) is 0 Å². The van der Waals surface area contributed by atoms with Crippen LogP contribution in [-0.4, -0.2) is 68.4 Å². The van der Waals surface area contributed by atoms with Gasteiger partial charge in [0, 0.05) is 37.9 Å². The number of benzene rings is 1. The van der Waals surface area contributed by atoms with Gasteiger partial charge in [-0.2, -0.15) is 4.68 Å². The molecule has 1 aromatic carbocycles. The molecule has 1 atom stereocenters. The first-order valence-corrected chi connectivity index (χ1v) is 9.97. The number of piperidine rings is 1. The second-order valence-electron chi connectivity index (χ2n) is 7.65. The Kier molecular flexibility index (Phi) is 5.66. The summed E-state index contributed by atoms with van der Waals surface area (Å²) in [5.74, 6) is 2.38. The zero-order valence-electron chi connectivity index (χ0n) is 16.6. The van der Waals surface area contributed by atoms with Gasteiger partial charge in [0.05, 0.1) is 5.69 Å². The molecule has 8 nitrogen and oxygen atoms in total. The maximum absolute atomic E-state index is 4.70. The Balaban J connectivity index is 1.49. The molecule has 2 aromatic heterocycles. The van der Waals surface area contributed by atoms with Crippen LogP contribution in [0.1, 0.15) is 31.0 Å². The Morgan fingerprint density at radius 3 is 2.86 bits per heavy atom. The molecule has 28 heavy (non-hydrogen) atoms. The first-order chi connectivity index (χ1) is 13.7. The van der Waals surface area contributed by atoms with Crippen LogP contribution >= 0.6 is 0 Å². The third-order valence-electron chi connectivity index (χ3n) is 5.28. The molecule has 0 spiro atoms. The molecule has 0 saturated carbocycles. The first-order valence-electron chi connectivity index (χ1n) is 9.97. The number of hydrogen-bond acceptors (Lipinski definition) is 6. The lowest BCUT2D eigenvalue weighted by Gasteiger charge is -2.32. The topological polar surface area (TPSA) is 67.9 Å². The molecular weight excluding hydrogens is 352 g/mol. The van der Waals surface area contributed by atoms with E-state index in [-0.39, 0.29) is 0 Å². The van der Waals surface area contributed by atoms with Crippen LogP contribution in [0.4, 0.5) is 5.95 Å². The standard InChI is InChI=1S/C20H28N8/c1-25(2)12-7-14-26-15-11-21-19(26)17-8-6-13-27(16-17)20-22-23-24-28(20)18-9-4-3-5-10-18/h3-5,9-11,15,17H,6-8,12-14,16H2,1-2H3/t17-/m1/s1. The molecule has 8 heteroatoms. The minimum Gasteiger partial charge on any atom is -0.339 e. The van der Waals surface area contributed by atoms with Gasteiger partial charge in [-0.3, -0.25) is 0 Å². The van der Waals surface area contributed by atoms with E-state index < -0.39 is 0 Å². The van der Waals surface area contributed by atoms with Gasteiger partial charge < -0.3 is 14.4 Å². The minimum atomic E-state index is 0.393. The molecule has 148 valence electrons. The zero-order valence-corrected chi connectivity index (χ0v) is 16.6. The molecule has 0 amide bonds. The number of tetrazole rings is 1. The van der Waals surface area contributed by atoms with Crippen molar-refractivity contribution in [2.45, 2.75) is 31.7 Å².